The molecule has 0 fully saturated rings. The molecule has 4 rings (SSSR count). The Bertz CT molecular complexity index is 1560. The number of nitrogens with zero attached hydrogens (tertiary/aromatic N) is 1. The summed E-state index contributed by atoms with van der Waals surface area (Å²) in [5, 5.41) is 15.6. The zero-order valence-corrected chi connectivity index (χ0v) is 21.7. The third-order valence-electron chi connectivity index (χ3n) is 6.64. The van der Waals surface area contributed by atoms with E-state index >= 15 is 0 Å². The number of aliphatic hydroxyl groups is 1. The van der Waals surface area contributed by atoms with E-state index in [4.69, 9.17) is 20.8 Å². The minimum absolute atomic E-state index is 0.101. The maximum absolute atomic E-state index is 14.9. The lowest BCUT2D eigenvalue weighted by Crippen LogP contribution is -2.46. The van der Waals surface area contributed by atoms with Crippen molar-refractivity contribution in [1.29, 1.82) is 0 Å². The van der Waals surface area contributed by atoms with Gasteiger partial charge in [-0.2, -0.15) is 17.9 Å². The predicted octanol–water partition coefficient (Wildman–Crippen LogP) is 4.13. The van der Waals surface area contributed by atoms with Crippen LogP contribution in [0.15, 0.2) is 38.4 Å². The summed E-state index contributed by atoms with van der Waals surface area (Å²) in [4.78, 5) is 10.9. The van der Waals surface area contributed by atoms with E-state index in [1.54, 1.807) is 13.8 Å². The van der Waals surface area contributed by atoms with Crippen LogP contribution in [0.25, 0.3) is 0 Å². The first-order valence-corrected chi connectivity index (χ1v) is 13.0. The summed E-state index contributed by atoms with van der Waals surface area (Å²) in [5.41, 5.74) is -3.11. The van der Waals surface area contributed by atoms with Crippen LogP contribution in [0.4, 0.5) is 17.6 Å². The monoisotopic (exact) mass is 579 g/mol. The number of ether oxygens (including phenoxy) is 1. The molecule has 3 aromatic rings. The number of nitrogens with one attached hydrogen (secondary N) is 2. The molecule has 15 heteroatoms. The maximum Gasteiger partial charge on any atom is 0.434 e. The van der Waals surface area contributed by atoms with Crippen molar-refractivity contribution in [1.82, 2.24) is 14.9 Å². The number of H-pyrrole nitrogens is 1. The van der Waals surface area contributed by atoms with E-state index in [1.165, 1.54) is 19.1 Å². The van der Waals surface area contributed by atoms with Crippen LogP contribution in [0, 0.1) is 19.7 Å². The van der Waals surface area contributed by atoms with Crippen LogP contribution < -0.4 is 15.2 Å². The average molecular weight is 580 g/mol. The molecular formula is C23H22ClF4N3O6S. The van der Waals surface area contributed by atoms with Gasteiger partial charge in [0.1, 0.15) is 22.5 Å². The van der Waals surface area contributed by atoms with Crippen LogP contribution in [-0.2, 0) is 15.6 Å². The average Bonchev–Trinajstić information content (AvgIpc) is 3.25. The Morgan fingerprint density at radius 1 is 1.24 bits per heavy atom. The Labute approximate surface area is 218 Å². The molecule has 0 bridgehead atoms. The van der Waals surface area contributed by atoms with Gasteiger partial charge < -0.3 is 14.3 Å². The van der Waals surface area contributed by atoms with Gasteiger partial charge in [-0.15, -0.1) is 5.10 Å². The van der Waals surface area contributed by atoms with Gasteiger partial charge in [0.05, 0.1) is 17.2 Å². The zero-order chi connectivity index (χ0) is 28.2. The fourth-order valence-electron chi connectivity index (χ4n) is 4.49. The van der Waals surface area contributed by atoms with Gasteiger partial charge in [0, 0.05) is 12.3 Å². The minimum atomic E-state index is -5.19. The Morgan fingerprint density at radius 3 is 2.53 bits per heavy atom. The van der Waals surface area contributed by atoms with Gasteiger partial charge in [-0.3, -0.25) is 0 Å². The van der Waals surface area contributed by atoms with E-state index in [2.05, 4.69) is 9.82 Å². The van der Waals surface area contributed by atoms with E-state index in [-0.39, 0.29) is 5.56 Å². The number of alkyl halides is 3. The number of aromatic amines is 1. The lowest BCUT2D eigenvalue weighted by Gasteiger charge is -2.37. The highest BCUT2D eigenvalue weighted by Crippen LogP contribution is 2.52. The summed E-state index contributed by atoms with van der Waals surface area (Å²) < 4.78 is 96.1. The smallest absolute Gasteiger partial charge is 0.434 e. The Morgan fingerprint density at radius 2 is 1.92 bits per heavy atom. The second-order valence-electron chi connectivity index (χ2n) is 8.95. The normalized spacial score (nSPS) is 19.5. The molecule has 206 valence electrons. The van der Waals surface area contributed by atoms with E-state index in [1.807, 2.05) is 5.10 Å². The molecule has 0 radical (unpaired) electrons. The summed E-state index contributed by atoms with van der Waals surface area (Å²) in [6.45, 7) is 4.15. The number of sulfonamides is 1. The SMILES string of the molecule is Cc1ccc(F)c([C@@H](C)[C@H](NS(=O)(=O)c2ccc(Cl)c3c2OCC[C@]3(O)C(F)(F)F)c2n[nH]c(=O)o2)c1C. The van der Waals surface area contributed by atoms with E-state index in [0.717, 1.165) is 12.1 Å². The van der Waals surface area contributed by atoms with Gasteiger partial charge in [-0.05, 0) is 48.7 Å². The fourth-order valence-corrected chi connectivity index (χ4v) is 6.21. The van der Waals surface area contributed by atoms with Crippen molar-refractivity contribution < 1.29 is 40.2 Å². The van der Waals surface area contributed by atoms with Crippen LogP contribution in [0.2, 0.25) is 5.02 Å². The molecule has 1 aliphatic heterocycles. The number of rotatable bonds is 6. The molecule has 9 nitrogen and oxygen atoms in total. The standard InChI is InChI=1S/C23H22ClF4N3O6S/c1-10-4-6-14(25)16(11(10)2)12(3)18(20-29-30-21(32)37-20)31-38(34,35)15-7-5-13(24)17-19(15)36-9-8-22(17,33)23(26,27)28/h4-7,12,18,31,33H,8-9H2,1-3H3,(H,30,32)/t12-,18+,22-/m1/s1. The van der Waals surface area contributed by atoms with E-state index in [0.29, 0.717) is 11.1 Å². The van der Waals surface area contributed by atoms with Crippen LogP contribution in [-0.4, -0.2) is 36.5 Å². The summed E-state index contributed by atoms with van der Waals surface area (Å²) in [6, 6.07) is 3.03. The molecule has 0 spiro atoms. The number of fused-ring (bicyclic) bond motifs is 1. The molecular weight excluding hydrogens is 558 g/mol. The van der Waals surface area contributed by atoms with Crippen LogP contribution in [0.3, 0.4) is 0 Å². The number of hydrogen-bond donors (Lipinski definition) is 3. The lowest BCUT2D eigenvalue weighted by atomic mass is 9.87. The highest BCUT2D eigenvalue weighted by Gasteiger charge is 2.59. The molecule has 0 unspecified atom stereocenters. The first-order chi connectivity index (χ1) is 17.6. The van der Waals surface area contributed by atoms with Gasteiger partial charge >= 0.3 is 11.9 Å². The number of aromatic nitrogens is 2. The van der Waals surface area contributed by atoms with Gasteiger partial charge in [-0.25, -0.2) is 22.7 Å². The number of aryl methyl sites for hydroxylation is 1. The molecule has 0 saturated heterocycles. The molecule has 1 aromatic heterocycles. The Balaban J connectivity index is 1.86. The van der Waals surface area contributed by atoms with Gasteiger partial charge in [0.15, 0.2) is 5.60 Å². The lowest BCUT2D eigenvalue weighted by molar-refractivity contribution is -0.274. The molecule has 2 aromatic carbocycles. The molecule has 3 atom stereocenters. The summed E-state index contributed by atoms with van der Waals surface area (Å²) in [7, 11) is -4.79. The van der Waals surface area contributed by atoms with E-state index < -0.39 is 85.5 Å². The van der Waals surface area contributed by atoms with Crippen LogP contribution in [0.1, 0.15) is 53.4 Å². The second-order valence-corrected chi connectivity index (χ2v) is 11.0. The highest BCUT2D eigenvalue weighted by atomic mass is 35.5. The molecule has 0 amide bonds. The van der Waals surface area contributed by atoms with Crippen molar-refractivity contribution in [3.63, 3.8) is 0 Å². The molecule has 2 heterocycles. The molecule has 0 saturated carbocycles. The molecule has 0 aliphatic carbocycles. The summed E-state index contributed by atoms with van der Waals surface area (Å²) >= 11 is 5.98. The number of hydrogen-bond acceptors (Lipinski definition) is 7. The third-order valence-corrected chi connectivity index (χ3v) is 8.42. The molecule has 1 aliphatic rings. The number of benzene rings is 2. The molecule has 3 N–H and O–H groups in total. The quantitative estimate of drug-likeness (QED) is 0.374. The van der Waals surface area contributed by atoms with Crippen molar-refractivity contribution >= 4 is 21.6 Å². The zero-order valence-electron chi connectivity index (χ0n) is 20.1. The van der Waals surface area contributed by atoms with Gasteiger partial charge in [0.25, 0.3) is 0 Å². The summed E-state index contributed by atoms with van der Waals surface area (Å²) in [5.74, 6) is -3.93. The Hall–Kier alpha value is -2.94. The van der Waals surface area contributed by atoms with Gasteiger partial charge in [0.2, 0.25) is 15.9 Å². The van der Waals surface area contributed by atoms with Crippen molar-refractivity contribution in [3.8, 4) is 5.75 Å². The second kappa shape index (κ2) is 9.67. The highest BCUT2D eigenvalue weighted by molar-refractivity contribution is 7.89. The largest absolute Gasteiger partial charge is 0.492 e. The fraction of sp³-hybridized carbons (Fsp3) is 0.391. The first kappa shape index (κ1) is 28.1. The first-order valence-electron chi connectivity index (χ1n) is 11.2. The predicted molar refractivity (Wildman–Crippen MR) is 126 cm³/mol. The van der Waals surface area contributed by atoms with Crippen molar-refractivity contribution in [2.75, 3.05) is 6.61 Å². The molecule has 38 heavy (non-hydrogen) atoms. The van der Waals surface area contributed by atoms with Gasteiger partial charge in [-0.1, -0.05) is 24.6 Å². The van der Waals surface area contributed by atoms with Crippen LogP contribution in [0.5, 0.6) is 5.75 Å². The number of halogens is 5. The van der Waals surface area contributed by atoms with Crippen molar-refractivity contribution in [3.05, 3.63) is 73.8 Å². The van der Waals surface area contributed by atoms with Crippen molar-refractivity contribution in [2.45, 2.75) is 55.8 Å². The summed E-state index contributed by atoms with van der Waals surface area (Å²) in [6.07, 6.45) is -6.11. The Kier molecular flexibility index (Phi) is 7.14. The maximum atomic E-state index is 14.9. The van der Waals surface area contributed by atoms with Crippen molar-refractivity contribution in [2.24, 2.45) is 0 Å². The minimum Gasteiger partial charge on any atom is -0.492 e. The van der Waals surface area contributed by atoms with E-state index in [9.17, 15) is 35.9 Å². The topological polar surface area (TPSA) is 135 Å². The third kappa shape index (κ3) is 4.70. The van der Waals surface area contributed by atoms with Crippen LogP contribution >= 0.6 is 11.6 Å².